The average molecular weight is 237 g/mol. The van der Waals surface area contributed by atoms with E-state index in [-0.39, 0.29) is 6.10 Å². The van der Waals surface area contributed by atoms with Crippen LogP contribution in [0.15, 0.2) is 59.6 Å². The minimum Gasteiger partial charge on any atom is -0.392 e. The van der Waals surface area contributed by atoms with Crippen molar-refractivity contribution >= 4 is 22.2 Å². The summed E-state index contributed by atoms with van der Waals surface area (Å²) in [5, 5.41) is 12.0. The van der Waals surface area contributed by atoms with E-state index in [0.29, 0.717) is 6.42 Å². The molecule has 2 heteroatoms. The molecule has 1 aliphatic rings. The van der Waals surface area contributed by atoms with Crippen LogP contribution in [0.4, 0.5) is 5.69 Å². The molecule has 1 N–H and O–H groups in total. The van der Waals surface area contributed by atoms with Gasteiger partial charge in [0, 0.05) is 12.1 Å². The van der Waals surface area contributed by atoms with Gasteiger partial charge in [-0.15, -0.1) is 0 Å². The Balaban J connectivity index is 1.97. The van der Waals surface area contributed by atoms with Gasteiger partial charge in [-0.3, -0.25) is 4.99 Å². The van der Waals surface area contributed by atoms with Crippen LogP contribution in [-0.4, -0.2) is 16.9 Å². The van der Waals surface area contributed by atoms with Gasteiger partial charge in [-0.2, -0.15) is 0 Å². The number of fused-ring (bicyclic) bond motifs is 1. The number of hydrogen-bond acceptors (Lipinski definition) is 2. The van der Waals surface area contributed by atoms with Gasteiger partial charge in [0.15, 0.2) is 0 Å². The van der Waals surface area contributed by atoms with E-state index in [4.69, 9.17) is 0 Å². The van der Waals surface area contributed by atoms with Crippen molar-refractivity contribution in [1.29, 1.82) is 0 Å². The van der Waals surface area contributed by atoms with Crippen LogP contribution in [0.1, 0.15) is 12.8 Å². The summed E-state index contributed by atoms with van der Waals surface area (Å²) in [5.41, 5.74) is 1.89. The zero-order valence-electron chi connectivity index (χ0n) is 10.1. The van der Waals surface area contributed by atoms with Crippen molar-refractivity contribution < 1.29 is 5.11 Å². The third-order valence-electron chi connectivity index (χ3n) is 3.17. The fourth-order valence-corrected chi connectivity index (χ4v) is 2.25. The highest BCUT2D eigenvalue weighted by Crippen LogP contribution is 2.22. The number of allylic oxidation sites excluding steroid dienone is 1. The van der Waals surface area contributed by atoms with Gasteiger partial charge in [0.1, 0.15) is 0 Å². The summed E-state index contributed by atoms with van der Waals surface area (Å²) in [6.45, 7) is 0. The standard InChI is InChI=1S/C16H15NO/c18-16-7-3-6-14(11-16)17-15-9-8-12-4-1-2-5-13(12)10-15/h1-6,8-10,16,18H,7,11H2. The lowest BCUT2D eigenvalue weighted by Crippen LogP contribution is -2.14. The molecule has 0 spiro atoms. The molecular weight excluding hydrogens is 222 g/mol. The Labute approximate surface area is 106 Å². The van der Waals surface area contributed by atoms with E-state index in [1.54, 1.807) is 0 Å². The van der Waals surface area contributed by atoms with Crippen molar-refractivity contribution in [3.63, 3.8) is 0 Å². The van der Waals surface area contributed by atoms with Crippen LogP contribution in [0.3, 0.4) is 0 Å². The van der Waals surface area contributed by atoms with Crippen molar-refractivity contribution in [3.8, 4) is 0 Å². The van der Waals surface area contributed by atoms with Gasteiger partial charge in [-0.25, -0.2) is 0 Å². The first-order valence-corrected chi connectivity index (χ1v) is 6.22. The van der Waals surface area contributed by atoms with Crippen LogP contribution >= 0.6 is 0 Å². The van der Waals surface area contributed by atoms with E-state index in [9.17, 15) is 5.11 Å². The first-order valence-electron chi connectivity index (χ1n) is 6.22. The largest absolute Gasteiger partial charge is 0.392 e. The van der Waals surface area contributed by atoms with Crippen molar-refractivity contribution in [3.05, 3.63) is 54.6 Å². The monoisotopic (exact) mass is 237 g/mol. The zero-order chi connectivity index (χ0) is 12.4. The summed E-state index contributed by atoms with van der Waals surface area (Å²) in [5.74, 6) is 0. The first-order chi connectivity index (χ1) is 8.81. The zero-order valence-corrected chi connectivity index (χ0v) is 10.1. The third-order valence-corrected chi connectivity index (χ3v) is 3.17. The molecular formula is C16H15NO. The van der Waals surface area contributed by atoms with E-state index in [1.807, 2.05) is 30.4 Å². The van der Waals surface area contributed by atoms with Gasteiger partial charge < -0.3 is 5.11 Å². The van der Waals surface area contributed by atoms with Crippen molar-refractivity contribution in [2.24, 2.45) is 4.99 Å². The molecule has 0 aliphatic heterocycles. The molecule has 2 nitrogen and oxygen atoms in total. The van der Waals surface area contributed by atoms with Crippen molar-refractivity contribution in [2.75, 3.05) is 0 Å². The summed E-state index contributed by atoms with van der Waals surface area (Å²) < 4.78 is 0. The Hall–Kier alpha value is -1.93. The Bertz CT molecular complexity index is 628. The average Bonchev–Trinajstić information content (AvgIpc) is 2.39. The molecule has 0 heterocycles. The van der Waals surface area contributed by atoms with Crippen LogP contribution < -0.4 is 0 Å². The normalized spacial score (nSPS) is 21.6. The van der Waals surface area contributed by atoms with Crippen LogP contribution in [0.25, 0.3) is 10.8 Å². The lowest BCUT2D eigenvalue weighted by Gasteiger charge is -2.13. The summed E-state index contributed by atoms with van der Waals surface area (Å²) >= 11 is 0. The summed E-state index contributed by atoms with van der Waals surface area (Å²) in [7, 11) is 0. The first kappa shape index (κ1) is 11.2. The topological polar surface area (TPSA) is 32.6 Å². The molecule has 1 unspecified atom stereocenters. The second-order valence-corrected chi connectivity index (χ2v) is 4.63. The number of nitrogens with zero attached hydrogens (tertiary/aromatic N) is 1. The Morgan fingerprint density at radius 3 is 2.72 bits per heavy atom. The minimum atomic E-state index is -0.283. The maximum absolute atomic E-state index is 9.60. The fourth-order valence-electron chi connectivity index (χ4n) is 2.25. The molecule has 0 radical (unpaired) electrons. The molecule has 0 saturated carbocycles. The van der Waals surface area contributed by atoms with Gasteiger partial charge in [-0.1, -0.05) is 36.4 Å². The molecule has 0 fully saturated rings. The number of rotatable bonds is 1. The number of aliphatic imine (C=N–C) groups is 1. The Kier molecular flexibility index (Phi) is 2.95. The van der Waals surface area contributed by atoms with E-state index < -0.39 is 0 Å². The summed E-state index contributed by atoms with van der Waals surface area (Å²) in [6, 6.07) is 14.4. The molecule has 0 amide bonds. The molecule has 90 valence electrons. The predicted octanol–water partition coefficient (Wildman–Crippen LogP) is 3.62. The molecule has 2 aromatic carbocycles. The van der Waals surface area contributed by atoms with Gasteiger partial charge in [-0.05, 0) is 35.4 Å². The fraction of sp³-hybridized carbons (Fsp3) is 0.188. The third kappa shape index (κ3) is 2.34. The van der Waals surface area contributed by atoms with Gasteiger partial charge in [0.05, 0.1) is 11.8 Å². The molecule has 0 saturated heterocycles. The number of aliphatic hydroxyl groups excluding tert-OH is 1. The maximum atomic E-state index is 9.60. The SMILES string of the molecule is OC1CC=CC(=Nc2ccc3ccccc3c2)C1. The maximum Gasteiger partial charge on any atom is 0.0639 e. The van der Waals surface area contributed by atoms with E-state index in [0.717, 1.165) is 17.8 Å². The van der Waals surface area contributed by atoms with Crippen LogP contribution in [0, 0.1) is 0 Å². The van der Waals surface area contributed by atoms with E-state index in [2.05, 4.69) is 29.3 Å². The highest BCUT2D eigenvalue weighted by atomic mass is 16.3. The lowest BCUT2D eigenvalue weighted by atomic mass is 10.0. The number of hydrogen-bond donors (Lipinski definition) is 1. The van der Waals surface area contributed by atoms with Crippen molar-refractivity contribution in [2.45, 2.75) is 18.9 Å². The Morgan fingerprint density at radius 1 is 1.06 bits per heavy atom. The Morgan fingerprint density at radius 2 is 1.89 bits per heavy atom. The number of aliphatic hydroxyl groups is 1. The van der Waals surface area contributed by atoms with Gasteiger partial charge >= 0.3 is 0 Å². The molecule has 1 atom stereocenters. The van der Waals surface area contributed by atoms with E-state index in [1.165, 1.54) is 10.8 Å². The van der Waals surface area contributed by atoms with Crippen LogP contribution in [-0.2, 0) is 0 Å². The van der Waals surface area contributed by atoms with Gasteiger partial charge in [0.2, 0.25) is 0 Å². The second kappa shape index (κ2) is 4.75. The molecule has 0 bridgehead atoms. The molecule has 2 aromatic rings. The smallest absolute Gasteiger partial charge is 0.0639 e. The van der Waals surface area contributed by atoms with E-state index >= 15 is 0 Å². The number of benzene rings is 2. The second-order valence-electron chi connectivity index (χ2n) is 4.63. The van der Waals surface area contributed by atoms with Gasteiger partial charge in [0.25, 0.3) is 0 Å². The quantitative estimate of drug-likeness (QED) is 0.807. The van der Waals surface area contributed by atoms with Crippen LogP contribution in [0.5, 0.6) is 0 Å². The summed E-state index contributed by atoms with van der Waals surface area (Å²) in [4.78, 5) is 4.59. The van der Waals surface area contributed by atoms with Crippen LogP contribution in [0.2, 0.25) is 0 Å². The highest BCUT2D eigenvalue weighted by Gasteiger charge is 2.10. The van der Waals surface area contributed by atoms with Crippen molar-refractivity contribution in [1.82, 2.24) is 0 Å². The highest BCUT2D eigenvalue weighted by molar-refractivity contribution is 5.98. The molecule has 0 aromatic heterocycles. The molecule has 1 aliphatic carbocycles. The lowest BCUT2D eigenvalue weighted by molar-refractivity contribution is 0.184. The summed E-state index contributed by atoms with van der Waals surface area (Å²) in [6.07, 6.45) is 5.07. The minimum absolute atomic E-state index is 0.283. The molecule has 18 heavy (non-hydrogen) atoms. The molecule has 3 rings (SSSR count). The predicted molar refractivity (Wildman–Crippen MR) is 75.4 cm³/mol.